The van der Waals surface area contributed by atoms with Gasteiger partial charge in [-0.1, -0.05) is 59.7 Å². The molecule has 1 aromatic carbocycles. The van der Waals surface area contributed by atoms with Crippen LogP contribution in [0.2, 0.25) is 16.6 Å². The molecule has 0 aliphatic carbocycles. The number of carbonyl (C=O) groups is 1. The Hall–Kier alpha value is -1.62. The van der Waals surface area contributed by atoms with Gasteiger partial charge < -0.3 is 9.55 Å². The van der Waals surface area contributed by atoms with Gasteiger partial charge in [0.2, 0.25) is 5.91 Å². The summed E-state index contributed by atoms with van der Waals surface area (Å²) in [5.41, 5.74) is 3.47. The fourth-order valence-electron chi connectivity index (χ4n) is 5.85. The van der Waals surface area contributed by atoms with E-state index in [4.69, 9.17) is 0 Å². The summed E-state index contributed by atoms with van der Waals surface area (Å²) >= 11 is 0. The molecule has 3 nitrogen and oxygen atoms in total. The Kier molecular flexibility index (Phi) is 6.04. The van der Waals surface area contributed by atoms with Crippen molar-refractivity contribution >= 4 is 25.0 Å². The van der Waals surface area contributed by atoms with Crippen molar-refractivity contribution in [3.8, 4) is 0 Å². The third kappa shape index (κ3) is 3.32. The van der Waals surface area contributed by atoms with Crippen molar-refractivity contribution < 1.29 is 9.18 Å². The predicted octanol–water partition coefficient (Wildman–Crippen LogP) is 6.34. The molecule has 1 aromatic heterocycles. The fraction of sp³-hybridized carbons (Fsp3) is 0.609. The van der Waals surface area contributed by atoms with Gasteiger partial charge in [-0.3, -0.25) is 4.79 Å². The smallest absolute Gasteiger partial charge is 0.220 e. The van der Waals surface area contributed by atoms with E-state index in [1.165, 1.54) is 0 Å². The quantitative estimate of drug-likeness (QED) is 0.562. The summed E-state index contributed by atoms with van der Waals surface area (Å²) in [7, 11) is -1.99. The van der Waals surface area contributed by atoms with Crippen molar-refractivity contribution in [1.82, 2.24) is 9.55 Å². The van der Waals surface area contributed by atoms with Crippen LogP contribution in [0.1, 0.15) is 72.5 Å². The molecule has 0 spiro atoms. The van der Waals surface area contributed by atoms with E-state index in [2.05, 4.69) is 69.4 Å². The molecule has 5 heteroatoms. The lowest BCUT2D eigenvalue weighted by Gasteiger charge is -2.44. The Morgan fingerprint density at radius 3 is 2.25 bits per heavy atom. The monoisotopic (exact) mass is 402 g/mol. The van der Waals surface area contributed by atoms with Crippen LogP contribution in [-0.2, 0) is 4.79 Å². The van der Waals surface area contributed by atoms with Crippen molar-refractivity contribution in [2.24, 2.45) is 0 Å². The van der Waals surface area contributed by atoms with Gasteiger partial charge in [0, 0.05) is 29.1 Å². The van der Waals surface area contributed by atoms with E-state index in [1.807, 2.05) is 12.1 Å². The molecule has 3 rings (SSSR count). The van der Waals surface area contributed by atoms with Crippen molar-refractivity contribution in [3.05, 3.63) is 36.0 Å². The molecule has 2 heterocycles. The van der Waals surface area contributed by atoms with Crippen molar-refractivity contribution in [2.75, 3.05) is 0 Å². The first-order valence-electron chi connectivity index (χ1n) is 10.7. The molecule has 1 amide bonds. The number of rotatable bonds is 6. The zero-order valence-electron chi connectivity index (χ0n) is 18.1. The molecule has 1 aliphatic rings. The largest absolute Gasteiger partial charge is 0.373 e. The van der Waals surface area contributed by atoms with Crippen LogP contribution in [0.3, 0.4) is 0 Å². The molecule has 1 fully saturated rings. The zero-order valence-corrected chi connectivity index (χ0v) is 19.1. The maximum atomic E-state index is 15.7. The average molecular weight is 403 g/mol. The second kappa shape index (κ2) is 8.01. The number of hydrogen-bond donors (Lipinski definition) is 1. The van der Waals surface area contributed by atoms with Crippen LogP contribution in [0.15, 0.2) is 30.5 Å². The molecule has 0 saturated carbocycles. The average Bonchev–Trinajstić information content (AvgIpc) is 3.01. The molecule has 0 bridgehead atoms. The second-order valence-electron chi connectivity index (χ2n) is 9.29. The van der Waals surface area contributed by atoms with Gasteiger partial charge in [0.1, 0.15) is 6.17 Å². The first-order chi connectivity index (χ1) is 13.2. The molecule has 1 unspecified atom stereocenters. The number of para-hydroxylation sites is 1. The summed E-state index contributed by atoms with van der Waals surface area (Å²) in [5, 5.41) is 3.88. The highest BCUT2D eigenvalue weighted by molar-refractivity contribution is 6.82. The number of nitrogens with one attached hydrogen (secondary N) is 1. The molecule has 28 heavy (non-hydrogen) atoms. The number of nitrogens with zero attached hydrogens (tertiary/aromatic N) is 1. The van der Waals surface area contributed by atoms with Crippen LogP contribution in [0.25, 0.3) is 10.9 Å². The van der Waals surface area contributed by atoms with Crippen LogP contribution in [0.4, 0.5) is 4.39 Å². The Bertz CT molecular complexity index is 820. The van der Waals surface area contributed by atoms with Crippen LogP contribution < -0.4 is 5.32 Å². The number of carbonyl (C=O) groups excluding carboxylic acids is 1. The first kappa shape index (κ1) is 21.1. The van der Waals surface area contributed by atoms with Gasteiger partial charge in [-0.05, 0) is 35.5 Å². The lowest BCUT2D eigenvalue weighted by atomic mass is 9.95. The van der Waals surface area contributed by atoms with E-state index in [1.54, 1.807) is 0 Å². The maximum absolute atomic E-state index is 15.7. The molecular formula is C23H35FN2OSi. The topological polar surface area (TPSA) is 34.0 Å². The second-order valence-corrected chi connectivity index (χ2v) is 15.0. The summed E-state index contributed by atoms with van der Waals surface area (Å²) in [6.07, 6.45) is 2.90. The first-order valence-corrected chi connectivity index (χ1v) is 12.9. The minimum absolute atomic E-state index is 0.0297. The van der Waals surface area contributed by atoms with Crippen LogP contribution in [0, 0.1) is 0 Å². The Labute approximate surface area is 169 Å². The highest BCUT2D eigenvalue weighted by atomic mass is 28.3. The van der Waals surface area contributed by atoms with Crippen molar-refractivity contribution in [1.29, 1.82) is 0 Å². The lowest BCUT2D eigenvalue weighted by Crippen LogP contribution is -2.51. The number of benzene rings is 1. The van der Waals surface area contributed by atoms with E-state index in [9.17, 15) is 4.79 Å². The number of alkyl halides is 1. The van der Waals surface area contributed by atoms with Gasteiger partial charge in [0.05, 0.1) is 6.04 Å². The number of amides is 1. The van der Waals surface area contributed by atoms with E-state index < -0.39 is 20.4 Å². The van der Waals surface area contributed by atoms with E-state index in [0.717, 1.165) is 22.9 Å². The van der Waals surface area contributed by atoms with Gasteiger partial charge in [-0.2, -0.15) is 0 Å². The van der Waals surface area contributed by atoms with Gasteiger partial charge in [-0.15, -0.1) is 0 Å². The SMILES string of the molecule is CC(C)[Si](C(C)C)(C(C)C)n1cc([C@H](F)C2CCCC(=O)N2)c2ccccc21. The summed E-state index contributed by atoms with van der Waals surface area (Å²) in [4.78, 5) is 11.8. The summed E-state index contributed by atoms with van der Waals surface area (Å²) in [6, 6.07) is 7.80. The van der Waals surface area contributed by atoms with Gasteiger partial charge in [0.25, 0.3) is 0 Å². The molecule has 2 atom stereocenters. The van der Waals surface area contributed by atoms with Gasteiger partial charge in [0.15, 0.2) is 8.24 Å². The third-order valence-electron chi connectivity index (χ3n) is 6.85. The highest BCUT2D eigenvalue weighted by Crippen LogP contribution is 2.46. The van der Waals surface area contributed by atoms with E-state index in [-0.39, 0.29) is 5.91 Å². The Morgan fingerprint density at radius 1 is 1.07 bits per heavy atom. The number of hydrogen-bond acceptors (Lipinski definition) is 1. The third-order valence-corrected chi connectivity index (χ3v) is 13.6. The van der Waals surface area contributed by atoms with Crippen LogP contribution in [-0.4, -0.2) is 24.4 Å². The number of piperidine rings is 1. The lowest BCUT2D eigenvalue weighted by molar-refractivity contribution is -0.124. The number of fused-ring (bicyclic) bond motifs is 1. The zero-order chi connectivity index (χ0) is 20.6. The van der Waals surface area contributed by atoms with Crippen molar-refractivity contribution in [2.45, 2.75) is 89.6 Å². The van der Waals surface area contributed by atoms with Crippen LogP contribution >= 0.6 is 0 Å². The predicted molar refractivity (Wildman–Crippen MR) is 118 cm³/mol. The molecule has 154 valence electrons. The minimum Gasteiger partial charge on any atom is -0.373 e. The van der Waals surface area contributed by atoms with E-state index in [0.29, 0.717) is 29.5 Å². The molecule has 1 aliphatic heterocycles. The standard InChI is InChI=1S/C23H35FN2OSi/c1-15(2)28(16(3)4,17(5)6)26-14-19(18-10-7-8-12-21(18)26)23(24)20-11-9-13-22(27)25-20/h7-8,10,12,14-17,20,23H,9,11,13H2,1-6H3,(H,25,27)/t20?,23-/m0/s1. The van der Waals surface area contributed by atoms with Gasteiger partial charge >= 0.3 is 0 Å². The fourth-order valence-corrected chi connectivity index (χ4v) is 12.5. The van der Waals surface area contributed by atoms with Crippen molar-refractivity contribution in [3.63, 3.8) is 0 Å². The minimum atomic E-state index is -1.99. The van der Waals surface area contributed by atoms with E-state index >= 15 is 4.39 Å². The number of aromatic nitrogens is 1. The summed E-state index contributed by atoms with van der Waals surface area (Å²) < 4.78 is 18.2. The van der Waals surface area contributed by atoms with Gasteiger partial charge in [-0.25, -0.2) is 4.39 Å². The summed E-state index contributed by atoms with van der Waals surface area (Å²) in [5.74, 6) is -0.0297. The number of halogens is 1. The molecule has 2 aromatic rings. The van der Waals surface area contributed by atoms with Crippen LogP contribution in [0.5, 0.6) is 0 Å². The molecular weight excluding hydrogens is 367 g/mol. The maximum Gasteiger partial charge on any atom is 0.220 e. The highest BCUT2D eigenvalue weighted by Gasteiger charge is 2.46. The Morgan fingerprint density at radius 2 is 1.68 bits per heavy atom. The molecule has 1 saturated heterocycles. The molecule has 0 radical (unpaired) electrons. The Balaban J connectivity index is 2.19. The summed E-state index contributed by atoms with van der Waals surface area (Å²) in [6.45, 7) is 14.0. The normalized spacial score (nSPS) is 19.6. The molecule has 1 N–H and O–H groups in total.